The fourth-order valence-corrected chi connectivity index (χ4v) is 1.32. The van der Waals surface area contributed by atoms with Crippen LogP contribution in [0.4, 0.5) is 0 Å². The molecule has 0 unspecified atom stereocenters. The van der Waals surface area contributed by atoms with Gasteiger partial charge in [0.05, 0.1) is 0 Å². The summed E-state index contributed by atoms with van der Waals surface area (Å²) in [5, 5.41) is 0. The molecule has 0 saturated carbocycles. The number of rotatable bonds is 4. The topological polar surface area (TPSA) is 48.0 Å². The summed E-state index contributed by atoms with van der Waals surface area (Å²) in [6.45, 7) is 3.42. The Morgan fingerprint density at radius 3 is 2.77 bits per heavy atom. The summed E-state index contributed by atoms with van der Waals surface area (Å²) < 4.78 is 1.79. The van der Waals surface area contributed by atoms with Crippen LogP contribution in [-0.2, 0) is 6.54 Å². The Bertz CT molecular complexity index is 317. The van der Waals surface area contributed by atoms with E-state index in [-0.39, 0.29) is 5.56 Å². The highest BCUT2D eigenvalue weighted by Crippen LogP contribution is 1.96. The number of hydrogen-bond donors (Lipinski definition) is 1. The van der Waals surface area contributed by atoms with Crippen LogP contribution in [0.2, 0.25) is 0 Å². The van der Waals surface area contributed by atoms with Gasteiger partial charge in [-0.3, -0.25) is 4.79 Å². The Hall–Kier alpha value is -1.09. The number of pyridine rings is 1. The largest absolute Gasteiger partial charge is 0.330 e. The Kier molecular flexibility index (Phi) is 3.71. The molecule has 1 rings (SSSR count). The molecule has 0 atom stereocenters. The molecule has 0 bridgehead atoms. The van der Waals surface area contributed by atoms with Crippen molar-refractivity contribution in [1.82, 2.24) is 4.57 Å². The Morgan fingerprint density at radius 2 is 2.15 bits per heavy atom. The minimum absolute atomic E-state index is 0.0806. The average Bonchev–Trinajstić information content (AvgIpc) is 2.10. The first-order valence-electron chi connectivity index (χ1n) is 4.62. The Balaban J connectivity index is 2.70. The van der Waals surface area contributed by atoms with E-state index in [1.165, 1.54) is 0 Å². The quantitative estimate of drug-likeness (QED) is 0.700. The highest BCUT2D eigenvalue weighted by atomic mass is 16.1. The van der Waals surface area contributed by atoms with E-state index in [2.05, 4.69) is 0 Å². The first-order chi connectivity index (χ1) is 6.25. The van der Waals surface area contributed by atoms with Crippen LogP contribution in [0.25, 0.3) is 0 Å². The van der Waals surface area contributed by atoms with Gasteiger partial charge in [-0.1, -0.05) is 6.07 Å². The molecule has 0 spiro atoms. The van der Waals surface area contributed by atoms with Gasteiger partial charge in [0.1, 0.15) is 0 Å². The highest BCUT2D eigenvalue weighted by molar-refractivity contribution is 5.04. The Morgan fingerprint density at radius 1 is 1.38 bits per heavy atom. The van der Waals surface area contributed by atoms with E-state index in [0.717, 1.165) is 25.1 Å². The molecule has 0 aromatic carbocycles. The van der Waals surface area contributed by atoms with Gasteiger partial charge in [-0.15, -0.1) is 0 Å². The fraction of sp³-hybridized carbons (Fsp3) is 0.500. The van der Waals surface area contributed by atoms with Crippen molar-refractivity contribution in [3.63, 3.8) is 0 Å². The SMILES string of the molecule is Cc1cccc(=O)n1CCCCN. The van der Waals surface area contributed by atoms with Gasteiger partial charge in [0, 0.05) is 18.3 Å². The molecule has 0 aliphatic heterocycles. The number of unbranched alkanes of at least 4 members (excludes halogenated alkanes) is 1. The number of nitrogens with zero attached hydrogens (tertiary/aromatic N) is 1. The van der Waals surface area contributed by atoms with Gasteiger partial charge in [0.25, 0.3) is 5.56 Å². The molecule has 0 amide bonds. The first-order valence-corrected chi connectivity index (χ1v) is 4.62. The van der Waals surface area contributed by atoms with Gasteiger partial charge in [-0.05, 0) is 32.4 Å². The van der Waals surface area contributed by atoms with Gasteiger partial charge in [-0.2, -0.15) is 0 Å². The average molecular weight is 180 g/mol. The van der Waals surface area contributed by atoms with E-state index in [1.54, 1.807) is 16.7 Å². The molecule has 13 heavy (non-hydrogen) atoms. The summed E-state index contributed by atoms with van der Waals surface area (Å²) >= 11 is 0. The lowest BCUT2D eigenvalue weighted by molar-refractivity contribution is 0.586. The molecule has 0 saturated heterocycles. The molecule has 1 aromatic heterocycles. The van der Waals surface area contributed by atoms with Gasteiger partial charge in [0.2, 0.25) is 0 Å². The van der Waals surface area contributed by atoms with Crippen molar-refractivity contribution in [3.8, 4) is 0 Å². The molecule has 3 nitrogen and oxygen atoms in total. The van der Waals surface area contributed by atoms with Crippen molar-refractivity contribution in [2.75, 3.05) is 6.54 Å². The van der Waals surface area contributed by atoms with Crippen molar-refractivity contribution < 1.29 is 0 Å². The maximum absolute atomic E-state index is 11.4. The molecule has 0 aliphatic carbocycles. The molecule has 72 valence electrons. The predicted molar refractivity (Wildman–Crippen MR) is 53.7 cm³/mol. The predicted octanol–water partition coefficient (Wildman–Crippen LogP) is 0.896. The molecule has 1 aromatic rings. The summed E-state index contributed by atoms with van der Waals surface area (Å²) in [5.74, 6) is 0. The van der Waals surface area contributed by atoms with E-state index in [4.69, 9.17) is 5.73 Å². The van der Waals surface area contributed by atoms with Crippen LogP contribution in [0.3, 0.4) is 0 Å². The van der Waals surface area contributed by atoms with Crippen LogP contribution in [0.15, 0.2) is 23.0 Å². The maximum atomic E-state index is 11.4. The monoisotopic (exact) mass is 180 g/mol. The van der Waals surface area contributed by atoms with E-state index in [0.29, 0.717) is 6.54 Å². The lowest BCUT2D eigenvalue weighted by Gasteiger charge is -2.07. The standard InChI is InChI=1S/C10H16N2O/c1-9-5-4-6-10(13)12(9)8-3-2-7-11/h4-6H,2-3,7-8,11H2,1H3. The second-order valence-electron chi connectivity index (χ2n) is 3.15. The molecule has 3 heteroatoms. The molecule has 2 N–H and O–H groups in total. The summed E-state index contributed by atoms with van der Waals surface area (Å²) in [4.78, 5) is 11.4. The van der Waals surface area contributed by atoms with Crippen molar-refractivity contribution >= 4 is 0 Å². The summed E-state index contributed by atoms with van der Waals surface area (Å²) in [6, 6.07) is 5.33. The molecule has 1 heterocycles. The van der Waals surface area contributed by atoms with E-state index < -0.39 is 0 Å². The van der Waals surface area contributed by atoms with Crippen molar-refractivity contribution in [3.05, 3.63) is 34.2 Å². The van der Waals surface area contributed by atoms with Crippen LogP contribution in [0, 0.1) is 6.92 Å². The van der Waals surface area contributed by atoms with Gasteiger partial charge in [0.15, 0.2) is 0 Å². The van der Waals surface area contributed by atoms with E-state index >= 15 is 0 Å². The van der Waals surface area contributed by atoms with Crippen molar-refractivity contribution in [1.29, 1.82) is 0 Å². The number of nitrogens with two attached hydrogens (primary N) is 1. The molecular formula is C10H16N2O. The minimum Gasteiger partial charge on any atom is -0.330 e. The zero-order valence-corrected chi connectivity index (χ0v) is 7.99. The summed E-state index contributed by atoms with van der Waals surface area (Å²) in [7, 11) is 0. The first kappa shape index (κ1) is 9.99. The minimum atomic E-state index is 0.0806. The normalized spacial score (nSPS) is 10.3. The second kappa shape index (κ2) is 4.82. The Labute approximate surface area is 78.2 Å². The third-order valence-electron chi connectivity index (χ3n) is 2.10. The molecular weight excluding hydrogens is 164 g/mol. The fourth-order valence-electron chi connectivity index (χ4n) is 1.32. The lowest BCUT2D eigenvalue weighted by Crippen LogP contribution is -2.21. The van der Waals surface area contributed by atoms with Crippen molar-refractivity contribution in [2.24, 2.45) is 5.73 Å². The van der Waals surface area contributed by atoms with Crippen LogP contribution in [-0.4, -0.2) is 11.1 Å². The van der Waals surface area contributed by atoms with Crippen LogP contribution >= 0.6 is 0 Å². The highest BCUT2D eigenvalue weighted by Gasteiger charge is 1.97. The van der Waals surface area contributed by atoms with E-state index in [9.17, 15) is 4.79 Å². The lowest BCUT2D eigenvalue weighted by atomic mass is 10.3. The smallest absolute Gasteiger partial charge is 0.250 e. The zero-order valence-electron chi connectivity index (χ0n) is 7.99. The third-order valence-corrected chi connectivity index (χ3v) is 2.10. The molecule has 0 aliphatic rings. The van der Waals surface area contributed by atoms with Gasteiger partial charge in [-0.25, -0.2) is 0 Å². The van der Waals surface area contributed by atoms with E-state index in [1.807, 2.05) is 13.0 Å². The summed E-state index contributed by atoms with van der Waals surface area (Å²) in [6.07, 6.45) is 1.95. The third kappa shape index (κ3) is 2.70. The van der Waals surface area contributed by atoms with Gasteiger partial charge < -0.3 is 10.3 Å². The number of aryl methyl sites for hydroxylation is 1. The molecule has 0 fully saturated rings. The van der Waals surface area contributed by atoms with Crippen molar-refractivity contribution in [2.45, 2.75) is 26.3 Å². The van der Waals surface area contributed by atoms with Crippen LogP contribution < -0.4 is 11.3 Å². The van der Waals surface area contributed by atoms with Gasteiger partial charge >= 0.3 is 0 Å². The van der Waals surface area contributed by atoms with Crippen LogP contribution in [0.1, 0.15) is 18.5 Å². The maximum Gasteiger partial charge on any atom is 0.250 e. The van der Waals surface area contributed by atoms with Crippen LogP contribution in [0.5, 0.6) is 0 Å². The summed E-state index contributed by atoms with van der Waals surface area (Å²) in [5.41, 5.74) is 6.48. The zero-order chi connectivity index (χ0) is 9.68. The number of aromatic nitrogens is 1. The number of hydrogen-bond acceptors (Lipinski definition) is 2. The molecule has 0 radical (unpaired) electrons. The second-order valence-corrected chi connectivity index (χ2v) is 3.15.